The highest BCUT2D eigenvalue weighted by Gasteiger charge is 2.45. The zero-order valence-corrected chi connectivity index (χ0v) is 27.0. The molecule has 14 heteroatoms. The topological polar surface area (TPSA) is 177 Å². The molecule has 4 heterocycles. The minimum absolute atomic E-state index is 0.0480. The van der Waals surface area contributed by atoms with Crippen molar-refractivity contribution in [1.29, 1.82) is 0 Å². The number of rotatable bonds is 11. The number of carbonyl (C=O) groups is 5. The van der Waals surface area contributed by atoms with Crippen LogP contribution in [0.5, 0.6) is 0 Å². The van der Waals surface area contributed by atoms with Crippen molar-refractivity contribution < 1.29 is 24.0 Å². The minimum Gasteiger partial charge on any atom is -0.384 e. The molecule has 48 heavy (non-hydrogen) atoms. The molecular formula is C34H36N8O6. The Morgan fingerprint density at radius 3 is 2.46 bits per heavy atom. The van der Waals surface area contributed by atoms with E-state index in [1.165, 1.54) is 10.7 Å². The number of anilines is 1. The summed E-state index contributed by atoms with van der Waals surface area (Å²) in [6, 6.07) is 11.7. The predicted molar refractivity (Wildman–Crippen MR) is 176 cm³/mol. The molecule has 0 aliphatic carbocycles. The van der Waals surface area contributed by atoms with E-state index in [4.69, 9.17) is 0 Å². The summed E-state index contributed by atoms with van der Waals surface area (Å²) in [5.74, 6) is -2.41. The molecular weight excluding hydrogens is 616 g/mol. The van der Waals surface area contributed by atoms with Crippen LogP contribution in [0.1, 0.15) is 69.8 Å². The normalized spacial score (nSPS) is 16.0. The summed E-state index contributed by atoms with van der Waals surface area (Å²) in [7, 11) is 0. The molecule has 1 saturated heterocycles. The third-order valence-electron chi connectivity index (χ3n) is 8.70. The van der Waals surface area contributed by atoms with Crippen LogP contribution in [0.15, 0.2) is 47.3 Å². The molecule has 2 aromatic heterocycles. The molecule has 2 aliphatic heterocycles. The average molecular weight is 653 g/mol. The molecule has 1 fully saturated rings. The fourth-order valence-corrected chi connectivity index (χ4v) is 6.25. The maximum absolute atomic E-state index is 13.2. The van der Waals surface area contributed by atoms with Crippen LogP contribution in [0, 0.1) is 20.8 Å². The second kappa shape index (κ2) is 13.2. The van der Waals surface area contributed by atoms with E-state index in [1.54, 1.807) is 16.8 Å². The first kappa shape index (κ1) is 32.3. The number of aromatic nitrogens is 4. The van der Waals surface area contributed by atoms with Gasteiger partial charge < -0.3 is 10.6 Å². The van der Waals surface area contributed by atoms with Crippen LogP contribution in [0.25, 0.3) is 16.6 Å². The summed E-state index contributed by atoms with van der Waals surface area (Å²) < 4.78 is 3.12. The van der Waals surface area contributed by atoms with Gasteiger partial charge >= 0.3 is 0 Å². The van der Waals surface area contributed by atoms with Crippen LogP contribution >= 0.6 is 0 Å². The monoisotopic (exact) mass is 652 g/mol. The number of carbonyl (C=O) groups excluding carboxylic acids is 5. The van der Waals surface area contributed by atoms with Gasteiger partial charge in [0, 0.05) is 38.2 Å². The number of nitrogens with zero attached hydrogens (tertiary/aromatic N) is 5. The second-order valence-electron chi connectivity index (χ2n) is 12.1. The van der Waals surface area contributed by atoms with E-state index in [0.29, 0.717) is 42.8 Å². The summed E-state index contributed by atoms with van der Waals surface area (Å²) >= 11 is 0. The number of imide groups is 2. The van der Waals surface area contributed by atoms with Crippen molar-refractivity contribution in [3.05, 3.63) is 80.9 Å². The number of benzene rings is 2. The highest BCUT2D eigenvalue weighted by Crippen LogP contribution is 2.32. The van der Waals surface area contributed by atoms with Gasteiger partial charge in [-0.1, -0.05) is 23.8 Å². The van der Waals surface area contributed by atoms with Gasteiger partial charge in [-0.2, -0.15) is 10.2 Å². The first-order chi connectivity index (χ1) is 23.0. The molecule has 3 N–H and O–H groups in total. The summed E-state index contributed by atoms with van der Waals surface area (Å²) in [5, 5.41) is 18.1. The smallest absolute Gasteiger partial charge is 0.295 e. The molecule has 1 unspecified atom stereocenters. The minimum atomic E-state index is -1.04. The summed E-state index contributed by atoms with van der Waals surface area (Å²) in [4.78, 5) is 76.8. The molecule has 14 nitrogen and oxygen atoms in total. The van der Waals surface area contributed by atoms with Gasteiger partial charge in [0.15, 0.2) is 5.52 Å². The highest BCUT2D eigenvalue weighted by molar-refractivity contribution is 6.25. The molecule has 2 aliphatic rings. The van der Waals surface area contributed by atoms with E-state index >= 15 is 0 Å². The molecule has 2 aromatic carbocycles. The largest absolute Gasteiger partial charge is 0.384 e. The summed E-state index contributed by atoms with van der Waals surface area (Å²) in [6.07, 6.45) is 1.28. The lowest BCUT2D eigenvalue weighted by atomic mass is 10.0. The number of hydrogen-bond acceptors (Lipinski definition) is 9. The van der Waals surface area contributed by atoms with Crippen LogP contribution < -0.4 is 21.5 Å². The van der Waals surface area contributed by atoms with Crippen LogP contribution in [0.2, 0.25) is 0 Å². The van der Waals surface area contributed by atoms with Crippen LogP contribution in [-0.4, -0.2) is 73.1 Å². The van der Waals surface area contributed by atoms with Gasteiger partial charge in [0.2, 0.25) is 17.7 Å². The van der Waals surface area contributed by atoms with Crippen molar-refractivity contribution >= 4 is 46.1 Å². The number of aryl methyl sites for hydroxylation is 4. The van der Waals surface area contributed by atoms with Gasteiger partial charge in [-0.25, -0.2) is 9.36 Å². The third-order valence-corrected chi connectivity index (χ3v) is 8.70. The van der Waals surface area contributed by atoms with E-state index in [-0.39, 0.29) is 48.4 Å². The van der Waals surface area contributed by atoms with Crippen molar-refractivity contribution in [1.82, 2.24) is 35.1 Å². The Labute approximate surface area is 275 Å². The van der Waals surface area contributed by atoms with Gasteiger partial charge in [-0.3, -0.25) is 39.0 Å². The van der Waals surface area contributed by atoms with E-state index < -0.39 is 29.7 Å². The van der Waals surface area contributed by atoms with Gasteiger partial charge in [0.05, 0.1) is 33.6 Å². The van der Waals surface area contributed by atoms with Crippen LogP contribution in [-0.2, 0) is 20.9 Å². The van der Waals surface area contributed by atoms with Gasteiger partial charge in [0.25, 0.3) is 17.4 Å². The van der Waals surface area contributed by atoms with Crippen LogP contribution in [0.4, 0.5) is 5.69 Å². The third kappa shape index (κ3) is 6.08. The number of nitrogens with one attached hydrogen (secondary N) is 3. The van der Waals surface area contributed by atoms with Crippen molar-refractivity contribution in [2.75, 3.05) is 18.4 Å². The maximum atomic E-state index is 13.2. The zero-order valence-electron chi connectivity index (χ0n) is 27.0. The maximum Gasteiger partial charge on any atom is 0.295 e. The first-order valence-electron chi connectivity index (χ1n) is 15.9. The molecule has 6 rings (SSSR count). The fraction of sp³-hybridized carbons (Fsp3) is 0.353. The van der Waals surface area contributed by atoms with Crippen molar-refractivity contribution in [3.8, 4) is 5.69 Å². The SMILES string of the molecule is Cc1ccc(-n2nc3c(=O)n(CCCC(=O)NCCCNc4cccc5c4C(=O)N(C4CCC(=O)NC4=O)C5=O)nc(C)c3c2C)cc1. The van der Waals surface area contributed by atoms with E-state index in [9.17, 15) is 28.8 Å². The van der Waals surface area contributed by atoms with E-state index in [1.807, 2.05) is 45.0 Å². The van der Waals surface area contributed by atoms with Gasteiger partial charge in [-0.15, -0.1) is 0 Å². The zero-order chi connectivity index (χ0) is 34.1. The predicted octanol–water partition coefficient (Wildman–Crippen LogP) is 2.31. The highest BCUT2D eigenvalue weighted by atomic mass is 16.2. The fourth-order valence-electron chi connectivity index (χ4n) is 6.25. The quantitative estimate of drug-likeness (QED) is 0.162. The summed E-state index contributed by atoms with van der Waals surface area (Å²) in [5.41, 5.74) is 4.39. The van der Waals surface area contributed by atoms with Gasteiger partial charge in [0.1, 0.15) is 6.04 Å². The van der Waals surface area contributed by atoms with E-state index in [2.05, 4.69) is 26.1 Å². The Morgan fingerprint density at radius 2 is 1.71 bits per heavy atom. The molecule has 0 bridgehead atoms. The molecule has 248 valence electrons. The van der Waals surface area contributed by atoms with Crippen LogP contribution in [0.3, 0.4) is 0 Å². The van der Waals surface area contributed by atoms with Crippen molar-refractivity contribution in [3.63, 3.8) is 0 Å². The Morgan fingerprint density at radius 1 is 0.938 bits per heavy atom. The molecule has 4 aromatic rings. The number of hydrogen-bond donors (Lipinski definition) is 3. The van der Waals surface area contributed by atoms with Crippen molar-refractivity contribution in [2.24, 2.45) is 0 Å². The molecule has 0 saturated carbocycles. The lowest BCUT2D eigenvalue weighted by molar-refractivity contribution is -0.136. The number of fused-ring (bicyclic) bond motifs is 2. The summed E-state index contributed by atoms with van der Waals surface area (Å²) in [6.45, 7) is 6.81. The Hall–Kier alpha value is -5.66. The van der Waals surface area contributed by atoms with Crippen molar-refractivity contribution in [2.45, 2.75) is 65.5 Å². The Bertz CT molecular complexity index is 2030. The van der Waals surface area contributed by atoms with E-state index in [0.717, 1.165) is 27.2 Å². The first-order valence-corrected chi connectivity index (χ1v) is 15.9. The Balaban J connectivity index is 0.988. The second-order valence-corrected chi connectivity index (χ2v) is 12.1. The molecule has 5 amide bonds. The molecule has 0 spiro atoms. The average Bonchev–Trinajstić information content (AvgIpc) is 3.54. The van der Waals surface area contributed by atoms with Gasteiger partial charge in [-0.05, 0) is 64.3 Å². The molecule has 1 atom stereocenters. The lowest BCUT2D eigenvalue weighted by Gasteiger charge is -2.27. The lowest BCUT2D eigenvalue weighted by Crippen LogP contribution is -2.54. The standard InChI is InChI=1S/C34H36N8O6/c1-19-10-12-22(13-11-19)42-21(3)28-20(2)38-40(34(48)30(28)39-42)18-5-9-26(43)36-17-6-16-35-24-8-4-7-23-29(24)33(47)41(32(23)46)25-14-15-27(44)37-31(25)45/h4,7-8,10-13,25,35H,5-6,9,14-18H2,1-3H3,(H,36,43)(H,37,44,45). The number of piperidine rings is 1. The molecule has 0 radical (unpaired) electrons. The number of amides is 5. The Kier molecular flexibility index (Phi) is 8.89.